The van der Waals surface area contributed by atoms with E-state index in [0.29, 0.717) is 13.1 Å². The van der Waals surface area contributed by atoms with Gasteiger partial charge in [0.2, 0.25) is 11.8 Å². The standard InChI is InChI=1S/C12H22N4O2/c13-12(18)10-2-6-15(8-10)9-11(17)16-5-1-3-14-4-7-16/h10,14H,1-9H2,(H2,13,18). The van der Waals surface area contributed by atoms with Crippen LogP contribution in [0.4, 0.5) is 0 Å². The molecule has 2 saturated heterocycles. The molecular weight excluding hydrogens is 232 g/mol. The van der Waals surface area contributed by atoms with Crippen molar-refractivity contribution in [1.82, 2.24) is 15.1 Å². The molecule has 3 N–H and O–H groups in total. The zero-order valence-electron chi connectivity index (χ0n) is 10.7. The molecule has 6 nitrogen and oxygen atoms in total. The van der Waals surface area contributed by atoms with Gasteiger partial charge in [-0.3, -0.25) is 14.5 Å². The number of primary amides is 1. The smallest absolute Gasteiger partial charge is 0.236 e. The van der Waals surface area contributed by atoms with Crippen LogP contribution in [0.2, 0.25) is 0 Å². The van der Waals surface area contributed by atoms with Gasteiger partial charge in [-0.25, -0.2) is 0 Å². The highest BCUT2D eigenvalue weighted by Gasteiger charge is 2.28. The molecule has 1 atom stereocenters. The molecule has 0 aromatic carbocycles. The van der Waals surface area contributed by atoms with Gasteiger partial charge in [0.15, 0.2) is 0 Å². The van der Waals surface area contributed by atoms with E-state index in [2.05, 4.69) is 5.32 Å². The van der Waals surface area contributed by atoms with Gasteiger partial charge in [0.05, 0.1) is 12.5 Å². The van der Waals surface area contributed by atoms with E-state index in [-0.39, 0.29) is 17.7 Å². The third-order valence-electron chi connectivity index (χ3n) is 3.73. The fourth-order valence-electron chi connectivity index (χ4n) is 2.59. The van der Waals surface area contributed by atoms with Gasteiger partial charge in [0, 0.05) is 26.2 Å². The zero-order valence-corrected chi connectivity index (χ0v) is 10.7. The lowest BCUT2D eigenvalue weighted by Crippen LogP contribution is -2.41. The fraction of sp³-hybridized carbons (Fsp3) is 0.833. The van der Waals surface area contributed by atoms with Crippen molar-refractivity contribution in [3.8, 4) is 0 Å². The molecule has 2 aliphatic rings. The number of amides is 2. The number of nitrogens with one attached hydrogen (secondary N) is 1. The van der Waals surface area contributed by atoms with Crippen LogP contribution >= 0.6 is 0 Å². The Kier molecular flexibility index (Phi) is 4.54. The minimum Gasteiger partial charge on any atom is -0.369 e. The van der Waals surface area contributed by atoms with Gasteiger partial charge in [-0.2, -0.15) is 0 Å². The summed E-state index contributed by atoms with van der Waals surface area (Å²) >= 11 is 0. The second kappa shape index (κ2) is 6.15. The molecule has 0 bridgehead atoms. The van der Waals surface area contributed by atoms with Crippen LogP contribution in [0, 0.1) is 5.92 Å². The summed E-state index contributed by atoms with van der Waals surface area (Å²) in [7, 11) is 0. The van der Waals surface area contributed by atoms with E-state index in [9.17, 15) is 9.59 Å². The monoisotopic (exact) mass is 254 g/mol. The van der Waals surface area contributed by atoms with Crippen LogP contribution < -0.4 is 11.1 Å². The Balaban J connectivity index is 1.78. The van der Waals surface area contributed by atoms with E-state index in [0.717, 1.165) is 45.6 Å². The first-order valence-electron chi connectivity index (χ1n) is 6.67. The van der Waals surface area contributed by atoms with Crippen molar-refractivity contribution >= 4 is 11.8 Å². The van der Waals surface area contributed by atoms with Crippen molar-refractivity contribution in [3.63, 3.8) is 0 Å². The predicted octanol–water partition coefficient (Wildman–Crippen LogP) is -1.38. The Labute approximate surface area is 107 Å². The largest absolute Gasteiger partial charge is 0.369 e. The number of rotatable bonds is 3. The van der Waals surface area contributed by atoms with Crippen LogP contribution in [-0.2, 0) is 9.59 Å². The second-order valence-electron chi connectivity index (χ2n) is 5.11. The third kappa shape index (κ3) is 3.43. The predicted molar refractivity (Wildman–Crippen MR) is 67.8 cm³/mol. The van der Waals surface area contributed by atoms with Crippen molar-refractivity contribution < 1.29 is 9.59 Å². The summed E-state index contributed by atoms with van der Waals surface area (Å²) in [5.41, 5.74) is 5.29. The molecule has 2 rings (SSSR count). The minimum absolute atomic E-state index is 0.0800. The first-order chi connectivity index (χ1) is 8.66. The molecule has 0 aromatic rings. The van der Waals surface area contributed by atoms with E-state index in [4.69, 9.17) is 5.73 Å². The first kappa shape index (κ1) is 13.3. The summed E-state index contributed by atoms with van der Waals surface area (Å²) < 4.78 is 0. The molecule has 2 fully saturated rings. The molecule has 6 heteroatoms. The second-order valence-corrected chi connectivity index (χ2v) is 5.11. The van der Waals surface area contributed by atoms with Crippen LogP contribution in [0.1, 0.15) is 12.8 Å². The van der Waals surface area contributed by atoms with Gasteiger partial charge < -0.3 is 16.0 Å². The van der Waals surface area contributed by atoms with Crippen molar-refractivity contribution in [1.29, 1.82) is 0 Å². The Morgan fingerprint density at radius 3 is 2.78 bits per heavy atom. The molecule has 2 heterocycles. The summed E-state index contributed by atoms with van der Waals surface area (Å²) in [6.07, 6.45) is 1.79. The Morgan fingerprint density at radius 2 is 2.06 bits per heavy atom. The van der Waals surface area contributed by atoms with Crippen LogP contribution in [-0.4, -0.2) is 67.4 Å². The fourth-order valence-corrected chi connectivity index (χ4v) is 2.59. The number of carbonyl (C=O) groups excluding carboxylic acids is 2. The molecule has 0 saturated carbocycles. The Morgan fingerprint density at radius 1 is 1.22 bits per heavy atom. The van der Waals surface area contributed by atoms with Gasteiger partial charge >= 0.3 is 0 Å². The molecule has 18 heavy (non-hydrogen) atoms. The summed E-state index contributed by atoms with van der Waals surface area (Å²) in [5, 5.41) is 3.28. The molecule has 102 valence electrons. The third-order valence-corrected chi connectivity index (χ3v) is 3.73. The summed E-state index contributed by atoms with van der Waals surface area (Å²) in [6.45, 7) is 5.32. The minimum atomic E-state index is -0.246. The molecule has 2 amide bonds. The van der Waals surface area contributed by atoms with Gasteiger partial charge in [-0.05, 0) is 25.9 Å². The van der Waals surface area contributed by atoms with Gasteiger partial charge in [-0.1, -0.05) is 0 Å². The highest BCUT2D eigenvalue weighted by atomic mass is 16.2. The van der Waals surface area contributed by atoms with E-state index < -0.39 is 0 Å². The summed E-state index contributed by atoms with van der Waals surface area (Å²) in [4.78, 5) is 27.1. The van der Waals surface area contributed by atoms with Crippen LogP contribution in [0.15, 0.2) is 0 Å². The number of hydrogen-bond donors (Lipinski definition) is 2. The van der Waals surface area contributed by atoms with Crippen molar-refractivity contribution in [2.45, 2.75) is 12.8 Å². The lowest BCUT2D eigenvalue weighted by atomic mass is 10.1. The van der Waals surface area contributed by atoms with Crippen molar-refractivity contribution in [3.05, 3.63) is 0 Å². The van der Waals surface area contributed by atoms with E-state index in [1.54, 1.807) is 0 Å². The molecular formula is C12H22N4O2. The van der Waals surface area contributed by atoms with Crippen LogP contribution in [0.3, 0.4) is 0 Å². The number of nitrogens with zero attached hydrogens (tertiary/aromatic N) is 2. The maximum atomic E-state index is 12.1. The Hall–Kier alpha value is -1.14. The highest BCUT2D eigenvalue weighted by Crippen LogP contribution is 2.15. The quantitative estimate of drug-likeness (QED) is 0.650. The normalized spacial score (nSPS) is 26.0. The summed E-state index contributed by atoms with van der Waals surface area (Å²) in [5.74, 6) is -0.156. The molecule has 2 aliphatic heterocycles. The highest BCUT2D eigenvalue weighted by molar-refractivity contribution is 5.79. The molecule has 0 radical (unpaired) electrons. The van der Waals surface area contributed by atoms with Gasteiger partial charge in [0.25, 0.3) is 0 Å². The number of carbonyl (C=O) groups is 2. The van der Waals surface area contributed by atoms with Gasteiger partial charge in [-0.15, -0.1) is 0 Å². The zero-order chi connectivity index (χ0) is 13.0. The molecule has 1 unspecified atom stereocenters. The SMILES string of the molecule is NC(=O)C1CCN(CC(=O)N2CCCNCC2)C1. The molecule has 0 spiro atoms. The Bertz CT molecular complexity index is 313. The maximum absolute atomic E-state index is 12.1. The number of nitrogens with two attached hydrogens (primary N) is 1. The van der Waals surface area contributed by atoms with Crippen molar-refractivity contribution in [2.75, 3.05) is 45.8 Å². The molecule has 0 aliphatic carbocycles. The van der Waals surface area contributed by atoms with E-state index >= 15 is 0 Å². The topological polar surface area (TPSA) is 78.7 Å². The average Bonchev–Trinajstić information content (AvgIpc) is 2.64. The lowest BCUT2D eigenvalue weighted by molar-refractivity contribution is -0.132. The maximum Gasteiger partial charge on any atom is 0.236 e. The van der Waals surface area contributed by atoms with Crippen LogP contribution in [0.5, 0.6) is 0 Å². The van der Waals surface area contributed by atoms with Crippen molar-refractivity contribution in [2.24, 2.45) is 11.7 Å². The lowest BCUT2D eigenvalue weighted by Gasteiger charge is -2.23. The average molecular weight is 254 g/mol. The summed E-state index contributed by atoms with van der Waals surface area (Å²) in [6, 6.07) is 0. The van der Waals surface area contributed by atoms with Gasteiger partial charge in [0.1, 0.15) is 0 Å². The van der Waals surface area contributed by atoms with E-state index in [1.807, 2.05) is 9.80 Å². The number of likely N-dealkylation sites (tertiary alicyclic amines) is 1. The van der Waals surface area contributed by atoms with Crippen LogP contribution in [0.25, 0.3) is 0 Å². The molecule has 0 aromatic heterocycles. The number of hydrogen-bond acceptors (Lipinski definition) is 4. The van der Waals surface area contributed by atoms with E-state index in [1.165, 1.54) is 0 Å². The first-order valence-corrected chi connectivity index (χ1v) is 6.67.